The summed E-state index contributed by atoms with van der Waals surface area (Å²) < 4.78 is 5.30. The van der Waals surface area contributed by atoms with Gasteiger partial charge in [0.1, 0.15) is 5.69 Å². The van der Waals surface area contributed by atoms with Crippen LogP contribution >= 0.6 is 0 Å². The van der Waals surface area contributed by atoms with Crippen molar-refractivity contribution in [3.63, 3.8) is 0 Å². The second kappa shape index (κ2) is 5.69. The second-order valence-electron chi connectivity index (χ2n) is 5.45. The maximum absolute atomic E-state index is 11.4. The molecule has 112 valence electrons. The SMILES string of the molecule is O=C1Cc2cc([N+](=O)[O-])c(NCC3CCOCC3)cc2N1. The smallest absolute Gasteiger partial charge is 0.292 e. The molecule has 2 N–H and O–H groups in total. The minimum absolute atomic E-state index is 0.0253. The van der Waals surface area contributed by atoms with E-state index >= 15 is 0 Å². The minimum atomic E-state index is -0.407. The van der Waals surface area contributed by atoms with Gasteiger partial charge in [0, 0.05) is 31.5 Å². The fourth-order valence-corrected chi connectivity index (χ4v) is 2.76. The molecule has 0 spiro atoms. The highest BCUT2D eigenvalue weighted by Crippen LogP contribution is 2.34. The molecule has 2 heterocycles. The van der Waals surface area contributed by atoms with E-state index in [0.717, 1.165) is 26.1 Å². The van der Waals surface area contributed by atoms with Crippen LogP contribution in [-0.4, -0.2) is 30.6 Å². The van der Waals surface area contributed by atoms with Gasteiger partial charge in [0.25, 0.3) is 5.69 Å². The molecule has 1 aromatic carbocycles. The predicted molar refractivity (Wildman–Crippen MR) is 77.5 cm³/mol. The molecule has 0 atom stereocenters. The lowest BCUT2D eigenvalue weighted by molar-refractivity contribution is -0.384. The summed E-state index contributed by atoms with van der Waals surface area (Å²) in [5, 5.41) is 17.1. The molecule has 21 heavy (non-hydrogen) atoms. The van der Waals surface area contributed by atoms with Crippen LogP contribution < -0.4 is 10.6 Å². The molecule has 1 fully saturated rings. The van der Waals surface area contributed by atoms with E-state index in [0.29, 0.717) is 29.4 Å². The lowest BCUT2D eigenvalue weighted by atomic mass is 10.00. The molecule has 0 aromatic heterocycles. The van der Waals surface area contributed by atoms with Crippen molar-refractivity contribution < 1.29 is 14.5 Å². The van der Waals surface area contributed by atoms with Gasteiger partial charge < -0.3 is 15.4 Å². The Labute approximate surface area is 121 Å². The van der Waals surface area contributed by atoms with Gasteiger partial charge in [-0.3, -0.25) is 14.9 Å². The van der Waals surface area contributed by atoms with Gasteiger partial charge in [0.2, 0.25) is 5.91 Å². The van der Waals surface area contributed by atoms with E-state index in [-0.39, 0.29) is 18.0 Å². The Hall–Kier alpha value is -2.15. The number of rotatable bonds is 4. The molecule has 1 amide bonds. The van der Waals surface area contributed by atoms with E-state index in [1.165, 1.54) is 6.07 Å². The van der Waals surface area contributed by atoms with E-state index < -0.39 is 4.92 Å². The number of nitrogens with one attached hydrogen (secondary N) is 2. The van der Waals surface area contributed by atoms with Crippen molar-refractivity contribution in [1.29, 1.82) is 0 Å². The summed E-state index contributed by atoms with van der Waals surface area (Å²) in [5.41, 5.74) is 1.84. The lowest BCUT2D eigenvalue weighted by Crippen LogP contribution is -2.22. The molecule has 0 radical (unpaired) electrons. The van der Waals surface area contributed by atoms with E-state index in [9.17, 15) is 14.9 Å². The summed E-state index contributed by atoms with van der Waals surface area (Å²) in [7, 11) is 0. The molecule has 1 aromatic rings. The second-order valence-corrected chi connectivity index (χ2v) is 5.45. The number of nitro benzene ring substituents is 1. The molecule has 2 aliphatic heterocycles. The summed E-state index contributed by atoms with van der Waals surface area (Å²) in [6.07, 6.45) is 2.13. The van der Waals surface area contributed by atoms with Crippen LogP contribution in [0, 0.1) is 16.0 Å². The summed E-state index contributed by atoms with van der Waals surface area (Å²) in [4.78, 5) is 22.2. The largest absolute Gasteiger partial charge is 0.381 e. The van der Waals surface area contributed by atoms with Gasteiger partial charge in [-0.2, -0.15) is 0 Å². The van der Waals surface area contributed by atoms with Crippen molar-refractivity contribution >= 4 is 23.0 Å². The van der Waals surface area contributed by atoms with Crippen molar-refractivity contribution in [3.8, 4) is 0 Å². The van der Waals surface area contributed by atoms with Crippen molar-refractivity contribution in [2.24, 2.45) is 5.92 Å². The van der Waals surface area contributed by atoms with E-state index in [1.807, 2.05) is 0 Å². The molecule has 7 nitrogen and oxygen atoms in total. The van der Waals surface area contributed by atoms with Gasteiger partial charge in [-0.15, -0.1) is 0 Å². The Bertz CT molecular complexity index is 582. The van der Waals surface area contributed by atoms with Gasteiger partial charge in [0.05, 0.1) is 11.3 Å². The average Bonchev–Trinajstić information content (AvgIpc) is 2.84. The van der Waals surface area contributed by atoms with Crippen molar-refractivity contribution in [1.82, 2.24) is 0 Å². The molecule has 0 saturated carbocycles. The fraction of sp³-hybridized carbons (Fsp3) is 0.500. The van der Waals surface area contributed by atoms with Gasteiger partial charge in [-0.05, 0) is 30.4 Å². The lowest BCUT2D eigenvalue weighted by Gasteiger charge is -2.22. The number of carbonyl (C=O) groups is 1. The van der Waals surface area contributed by atoms with Gasteiger partial charge in [0.15, 0.2) is 0 Å². The molecular weight excluding hydrogens is 274 g/mol. The summed E-state index contributed by atoms with van der Waals surface area (Å²) >= 11 is 0. The molecule has 2 aliphatic rings. The molecule has 1 saturated heterocycles. The zero-order valence-electron chi connectivity index (χ0n) is 11.6. The number of hydrogen-bond acceptors (Lipinski definition) is 5. The molecule has 0 aliphatic carbocycles. The number of anilines is 2. The van der Waals surface area contributed by atoms with Crippen LogP contribution in [0.25, 0.3) is 0 Å². The van der Waals surface area contributed by atoms with Gasteiger partial charge in [-0.1, -0.05) is 0 Å². The Morgan fingerprint density at radius 3 is 2.86 bits per heavy atom. The maximum Gasteiger partial charge on any atom is 0.292 e. The highest BCUT2D eigenvalue weighted by Gasteiger charge is 2.25. The van der Waals surface area contributed by atoms with Crippen LogP contribution in [-0.2, 0) is 16.0 Å². The van der Waals surface area contributed by atoms with Crippen LogP contribution in [0.15, 0.2) is 12.1 Å². The summed E-state index contributed by atoms with van der Waals surface area (Å²) in [5.74, 6) is 0.335. The Kier molecular flexibility index (Phi) is 3.74. The number of ether oxygens (including phenoxy) is 1. The highest BCUT2D eigenvalue weighted by molar-refractivity contribution is 6.00. The molecule has 0 unspecified atom stereocenters. The van der Waals surface area contributed by atoms with Crippen LogP contribution in [0.2, 0.25) is 0 Å². The normalized spacial score (nSPS) is 18.2. The quantitative estimate of drug-likeness (QED) is 0.653. The molecular formula is C14H17N3O4. The Balaban J connectivity index is 1.78. The Morgan fingerprint density at radius 2 is 2.14 bits per heavy atom. The average molecular weight is 291 g/mol. The van der Waals surface area contributed by atoms with Gasteiger partial charge in [-0.25, -0.2) is 0 Å². The van der Waals surface area contributed by atoms with Crippen molar-refractivity contribution in [2.75, 3.05) is 30.4 Å². The van der Waals surface area contributed by atoms with Crippen LogP contribution in [0.4, 0.5) is 17.1 Å². The first-order valence-corrected chi connectivity index (χ1v) is 7.06. The first kappa shape index (κ1) is 13.8. The van der Waals surface area contributed by atoms with Crippen LogP contribution in [0.3, 0.4) is 0 Å². The monoisotopic (exact) mass is 291 g/mol. The summed E-state index contributed by atoms with van der Waals surface area (Å²) in [6.45, 7) is 2.17. The zero-order valence-corrected chi connectivity index (χ0v) is 11.6. The first-order chi connectivity index (χ1) is 10.1. The third-order valence-corrected chi connectivity index (χ3v) is 3.97. The van der Waals surface area contributed by atoms with Gasteiger partial charge >= 0.3 is 0 Å². The fourth-order valence-electron chi connectivity index (χ4n) is 2.76. The van der Waals surface area contributed by atoms with Crippen molar-refractivity contribution in [3.05, 3.63) is 27.8 Å². The first-order valence-electron chi connectivity index (χ1n) is 7.06. The molecule has 7 heteroatoms. The molecule has 0 bridgehead atoms. The van der Waals surface area contributed by atoms with E-state index in [2.05, 4.69) is 10.6 Å². The highest BCUT2D eigenvalue weighted by atomic mass is 16.6. The van der Waals surface area contributed by atoms with E-state index in [4.69, 9.17) is 4.74 Å². The maximum atomic E-state index is 11.4. The standard InChI is InChI=1S/C14H17N3O4/c18-14-6-10-5-13(17(19)20)12(7-11(10)16-14)15-8-9-1-3-21-4-2-9/h5,7,9,15H,1-4,6,8H2,(H,16,18). The molecule has 3 rings (SSSR count). The number of nitro groups is 1. The number of hydrogen-bond donors (Lipinski definition) is 2. The van der Waals surface area contributed by atoms with Crippen LogP contribution in [0.5, 0.6) is 0 Å². The minimum Gasteiger partial charge on any atom is -0.381 e. The third kappa shape index (κ3) is 2.97. The number of nitrogens with zero attached hydrogens (tertiary/aromatic N) is 1. The number of fused-ring (bicyclic) bond motifs is 1. The summed E-state index contributed by atoms with van der Waals surface area (Å²) in [6, 6.07) is 3.15. The van der Waals surface area contributed by atoms with E-state index in [1.54, 1.807) is 6.07 Å². The third-order valence-electron chi connectivity index (χ3n) is 3.97. The Morgan fingerprint density at radius 1 is 1.38 bits per heavy atom. The predicted octanol–water partition coefficient (Wildman–Crippen LogP) is 1.93. The van der Waals surface area contributed by atoms with Crippen molar-refractivity contribution in [2.45, 2.75) is 19.3 Å². The topological polar surface area (TPSA) is 93.5 Å². The number of benzene rings is 1. The zero-order chi connectivity index (χ0) is 14.8. The number of carbonyl (C=O) groups excluding carboxylic acids is 1. The van der Waals surface area contributed by atoms with Crippen LogP contribution in [0.1, 0.15) is 18.4 Å². The number of amides is 1.